The highest BCUT2D eigenvalue weighted by Gasteiger charge is 2.39. The normalized spacial score (nSPS) is 15.2. The number of piperidine rings is 1. The largest absolute Gasteiger partial charge is 0.416 e. The molecule has 1 saturated heterocycles. The monoisotopic (exact) mass is 604 g/mol. The molecule has 0 spiro atoms. The Hall–Kier alpha value is -3.88. The highest BCUT2D eigenvalue weighted by molar-refractivity contribution is 6.30. The third-order valence-corrected chi connectivity index (χ3v) is 7.17. The number of hydrogen-bond acceptors (Lipinski definition) is 8. The molecule has 0 bridgehead atoms. The number of aliphatic hydroxyl groups is 1. The molecule has 4 heterocycles. The van der Waals surface area contributed by atoms with Gasteiger partial charge in [0, 0.05) is 16.8 Å². The number of rotatable bonds is 10. The zero-order valence-corrected chi connectivity index (χ0v) is 23.2. The van der Waals surface area contributed by atoms with Crippen molar-refractivity contribution in [2.45, 2.75) is 51.1 Å². The average molecular weight is 605 g/mol. The molecule has 0 unspecified atom stereocenters. The molecule has 0 saturated carbocycles. The summed E-state index contributed by atoms with van der Waals surface area (Å²) in [6.45, 7) is 0.843. The van der Waals surface area contributed by atoms with Crippen LogP contribution in [0.2, 0.25) is 5.02 Å². The van der Waals surface area contributed by atoms with Crippen LogP contribution in [0.25, 0.3) is 17.1 Å². The minimum absolute atomic E-state index is 0.0325. The molecule has 15 heteroatoms. The average Bonchev–Trinajstić information content (AvgIpc) is 3.54. The van der Waals surface area contributed by atoms with Gasteiger partial charge in [-0.05, 0) is 62.3 Å². The molecule has 1 aromatic carbocycles. The minimum atomic E-state index is -4.93. The van der Waals surface area contributed by atoms with Crippen LogP contribution in [0.5, 0.6) is 0 Å². The third kappa shape index (κ3) is 6.94. The molecule has 1 aliphatic rings. The molecule has 11 nitrogen and oxygen atoms in total. The van der Waals surface area contributed by atoms with Gasteiger partial charge in [-0.25, -0.2) is 19.1 Å². The van der Waals surface area contributed by atoms with Crippen LogP contribution >= 0.6 is 11.6 Å². The van der Waals surface area contributed by atoms with Crippen LogP contribution in [0.15, 0.2) is 53.7 Å². The van der Waals surface area contributed by atoms with Gasteiger partial charge < -0.3 is 5.11 Å². The molecular formula is C27H28ClF3N8O3. The Morgan fingerprint density at radius 3 is 2.50 bits per heavy atom. The van der Waals surface area contributed by atoms with Gasteiger partial charge >= 0.3 is 11.9 Å². The lowest BCUT2D eigenvalue weighted by atomic mass is 10.1. The predicted molar refractivity (Wildman–Crippen MR) is 146 cm³/mol. The second kappa shape index (κ2) is 12.5. The standard InChI is InChI=1S/C27H28ClF3N8O3/c28-19-8-6-18(7-9-19)25-35-38(26(42)37(25)15-23(41)27(29,30)31)16-24-33-17-39(34-24)22-5-4-10-32-21(22)13-20(40)14-36-11-2-1-3-12-36/h4-10,17,23,41H,1-3,11-16H2/t23-/m0/s1. The minimum Gasteiger partial charge on any atom is -0.382 e. The number of nitrogens with zero attached hydrogens (tertiary/aromatic N) is 8. The van der Waals surface area contributed by atoms with Gasteiger partial charge in [-0.2, -0.15) is 13.2 Å². The lowest BCUT2D eigenvalue weighted by Gasteiger charge is -2.25. The van der Waals surface area contributed by atoms with Gasteiger partial charge in [-0.1, -0.05) is 18.0 Å². The Morgan fingerprint density at radius 1 is 1.05 bits per heavy atom. The first-order chi connectivity index (χ1) is 20.1. The molecule has 4 aromatic rings. The van der Waals surface area contributed by atoms with Crippen LogP contribution in [0, 0.1) is 0 Å². The molecule has 3 aromatic heterocycles. The van der Waals surface area contributed by atoms with Gasteiger partial charge in [0.2, 0.25) is 0 Å². The molecule has 5 rings (SSSR count). The Labute approximate surface area is 243 Å². The van der Waals surface area contributed by atoms with Crippen LogP contribution in [-0.2, 0) is 24.3 Å². The van der Waals surface area contributed by atoms with Crippen molar-refractivity contribution in [3.05, 3.63) is 75.9 Å². The molecule has 1 aliphatic heterocycles. The Kier molecular flexibility index (Phi) is 8.85. The van der Waals surface area contributed by atoms with E-state index in [0.29, 0.717) is 28.5 Å². The topological polar surface area (TPSA) is 124 Å². The maximum Gasteiger partial charge on any atom is 0.416 e. The van der Waals surface area contributed by atoms with Gasteiger partial charge in [0.1, 0.15) is 12.9 Å². The van der Waals surface area contributed by atoms with E-state index in [0.717, 1.165) is 35.2 Å². The summed E-state index contributed by atoms with van der Waals surface area (Å²) in [6.07, 6.45) is -1.28. The van der Waals surface area contributed by atoms with E-state index < -0.39 is 24.5 Å². The maximum atomic E-state index is 13.2. The predicted octanol–water partition coefficient (Wildman–Crippen LogP) is 2.91. The lowest BCUT2D eigenvalue weighted by molar-refractivity contribution is -0.207. The molecule has 1 N–H and O–H groups in total. The lowest BCUT2D eigenvalue weighted by Crippen LogP contribution is -2.37. The number of alkyl halides is 3. The summed E-state index contributed by atoms with van der Waals surface area (Å²) in [4.78, 5) is 36.7. The molecule has 1 atom stereocenters. The first kappa shape index (κ1) is 29.6. The smallest absolute Gasteiger partial charge is 0.382 e. The van der Waals surface area contributed by atoms with E-state index in [1.807, 2.05) is 0 Å². The number of halogens is 4. The van der Waals surface area contributed by atoms with Crippen molar-refractivity contribution in [3.63, 3.8) is 0 Å². The summed E-state index contributed by atoms with van der Waals surface area (Å²) in [5.74, 6) is 0.0986. The van der Waals surface area contributed by atoms with E-state index >= 15 is 0 Å². The van der Waals surface area contributed by atoms with Crippen molar-refractivity contribution in [2.75, 3.05) is 19.6 Å². The van der Waals surface area contributed by atoms with Crippen molar-refractivity contribution in [2.24, 2.45) is 0 Å². The number of pyridine rings is 1. The zero-order chi connectivity index (χ0) is 29.9. The summed E-state index contributed by atoms with van der Waals surface area (Å²) < 4.78 is 42.5. The molecule has 0 aliphatic carbocycles. The van der Waals surface area contributed by atoms with Crippen molar-refractivity contribution in [1.29, 1.82) is 0 Å². The van der Waals surface area contributed by atoms with Gasteiger partial charge in [-0.15, -0.1) is 10.2 Å². The third-order valence-electron chi connectivity index (χ3n) is 6.92. The number of carbonyl (C=O) groups is 1. The summed E-state index contributed by atoms with van der Waals surface area (Å²) in [6, 6.07) is 9.48. The molecule has 0 radical (unpaired) electrons. The van der Waals surface area contributed by atoms with Crippen molar-refractivity contribution in [1.82, 2.24) is 39.0 Å². The zero-order valence-electron chi connectivity index (χ0n) is 22.4. The molecule has 222 valence electrons. The Balaban J connectivity index is 1.38. The number of aliphatic hydroxyl groups excluding tert-OH is 1. The number of hydrogen-bond donors (Lipinski definition) is 1. The molecule has 1 fully saturated rings. The molecule has 0 amide bonds. The fourth-order valence-electron chi connectivity index (χ4n) is 4.80. The highest BCUT2D eigenvalue weighted by Crippen LogP contribution is 2.24. The fourth-order valence-corrected chi connectivity index (χ4v) is 4.93. The maximum absolute atomic E-state index is 13.2. The highest BCUT2D eigenvalue weighted by atomic mass is 35.5. The summed E-state index contributed by atoms with van der Waals surface area (Å²) in [5.41, 5.74) is 0.502. The van der Waals surface area contributed by atoms with Crippen LogP contribution in [-0.4, -0.2) is 81.8 Å². The number of likely N-dealkylation sites (tertiary alicyclic amines) is 1. The van der Waals surface area contributed by atoms with Crippen molar-refractivity contribution < 1.29 is 23.1 Å². The number of benzene rings is 1. The quantitative estimate of drug-likeness (QED) is 0.293. The number of Topliss-reactive ketones (excluding diaryl/α,β-unsaturated/α-hetero) is 1. The second-order valence-corrected chi connectivity index (χ2v) is 10.5. The SMILES string of the molecule is O=C(Cc1ncccc1-n1cnc(Cn2nc(-c3ccc(Cl)cc3)n(C[C@H](O)C(F)(F)F)c2=O)n1)CN1CCCCC1. The van der Waals surface area contributed by atoms with E-state index in [4.69, 9.17) is 11.6 Å². The van der Waals surface area contributed by atoms with Crippen LogP contribution in [0.1, 0.15) is 30.8 Å². The van der Waals surface area contributed by atoms with Crippen molar-refractivity contribution in [3.8, 4) is 17.1 Å². The van der Waals surface area contributed by atoms with E-state index in [9.17, 15) is 27.9 Å². The summed E-state index contributed by atoms with van der Waals surface area (Å²) in [7, 11) is 0. The van der Waals surface area contributed by atoms with E-state index in [2.05, 4.69) is 25.1 Å². The van der Waals surface area contributed by atoms with Gasteiger partial charge in [0.15, 0.2) is 23.5 Å². The summed E-state index contributed by atoms with van der Waals surface area (Å²) >= 11 is 5.94. The first-order valence-electron chi connectivity index (χ1n) is 13.4. The number of ketones is 1. The van der Waals surface area contributed by atoms with Gasteiger partial charge in [0.25, 0.3) is 0 Å². The second-order valence-electron chi connectivity index (χ2n) is 10.1. The number of carbonyl (C=O) groups excluding carboxylic acids is 1. The number of aromatic nitrogens is 7. The molecule has 42 heavy (non-hydrogen) atoms. The van der Waals surface area contributed by atoms with Crippen molar-refractivity contribution >= 4 is 17.4 Å². The Morgan fingerprint density at radius 2 is 1.79 bits per heavy atom. The van der Waals surface area contributed by atoms with E-state index in [-0.39, 0.29) is 30.4 Å². The van der Waals surface area contributed by atoms with Gasteiger partial charge in [-0.3, -0.25) is 19.2 Å². The Bertz CT molecular complexity index is 1590. The fraction of sp³-hybridized carbons (Fsp3) is 0.407. The van der Waals surface area contributed by atoms with Crippen LogP contribution < -0.4 is 5.69 Å². The van der Waals surface area contributed by atoms with E-state index in [1.54, 1.807) is 18.3 Å². The van der Waals surface area contributed by atoms with Crippen LogP contribution in [0.4, 0.5) is 13.2 Å². The van der Waals surface area contributed by atoms with Gasteiger partial charge in [0.05, 0.1) is 30.9 Å². The molecular weight excluding hydrogens is 577 g/mol. The van der Waals surface area contributed by atoms with E-state index in [1.165, 1.54) is 41.7 Å². The first-order valence-corrected chi connectivity index (χ1v) is 13.7. The van der Waals surface area contributed by atoms with Crippen LogP contribution in [0.3, 0.4) is 0 Å². The summed E-state index contributed by atoms with van der Waals surface area (Å²) in [5, 5.41) is 18.7.